The van der Waals surface area contributed by atoms with Crippen molar-refractivity contribution in [1.29, 1.82) is 0 Å². The van der Waals surface area contributed by atoms with Crippen LogP contribution in [0.15, 0.2) is 48.5 Å². The largest absolute Gasteiger partial charge is 0.375 e. The predicted molar refractivity (Wildman–Crippen MR) is 113 cm³/mol. The number of rotatable bonds is 3. The second kappa shape index (κ2) is 7.31. The summed E-state index contributed by atoms with van der Waals surface area (Å²) in [4.78, 5) is 28.1. The molecular formula is C25H28FNO3. The molecule has 158 valence electrons. The van der Waals surface area contributed by atoms with Crippen molar-refractivity contribution in [1.82, 2.24) is 0 Å². The predicted octanol–water partition coefficient (Wildman–Crippen LogP) is 4.59. The number of anilines is 1. The van der Waals surface area contributed by atoms with Gasteiger partial charge in [0.15, 0.2) is 5.60 Å². The minimum Gasteiger partial charge on any atom is -0.375 e. The van der Waals surface area contributed by atoms with E-state index in [0.29, 0.717) is 24.1 Å². The van der Waals surface area contributed by atoms with E-state index in [1.165, 1.54) is 17.0 Å². The molecule has 2 aromatic rings. The number of Topliss-reactive ketones (excluding diaryl/α,β-unsaturated/α-hetero) is 1. The number of hydrogen-bond donors (Lipinski definition) is 1. The van der Waals surface area contributed by atoms with Gasteiger partial charge < -0.3 is 10.0 Å². The van der Waals surface area contributed by atoms with Crippen LogP contribution in [0.25, 0.3) is 0 Å². The number of halogens is 1. The summed E-state index contributed by atoms with van der Waals surface area (Å²) >= 11 is 0. The second-order valence-corrected chi connectivity index (χ2v) is 9.66. The number of carbonyl (C=O) groups is 2. The van der Waals surface area contributed by atoms with Gasteiger partial charge >= 0.3 is 0 Å². The highest BCUT2D eigenvalue weighted by Gasteiger charge is 2.58. The van der Waals surface area contributed by atoms with Crippen LogP contribution in [-0.4, -0.2) is 16.8 Å². The molecule has 0 spiro atoms. The van der Waals surface area contributed by atoms with Crippen LogP contribution in [0.1, 0.15) is 51.2 Å². The van der Waals surface area contributed by atoms with Crippen molar-refractivity contribution in [3.8, 4) is 0 Å². The van der Waals surface area contributed by atoms with Crippen molar-refractivity contribution in [3.63, 3.8) is 0 Å². The fraction of sp³-hybridized carbons (Fsp3) is 0.440. The number of fused-ring (bicyclic) bond motifs is 1. The summed E-state index contributed by atoms with van der Waals surface area (Å²) < 4.78 is 13.3. The molecule has 4 rings (SSSR count). The third-order valence-corrected chi connectivity index (χ3v) is 6.81. The molecule has 3 atom stereocenters. The first-order valence-corrected chi connectivity index (χ1v) is 10.5. The Morgan fingerprint density at radius 1 is 1.10 bits per heavy atom. The van der Waals surface area contributed by atoms with E-state index in [4.69, 9.17) is 0 Å². The Bertz CT molecular complexity index is 979. The molecule has 1 heterocycles. The number of carbonyl (C=O) groups excluding carboxylic acids is 2. The van der Waals surface area contributed by atoms with Crippen molar-refractivity contribution in [2.45, 2.75) is 52.2 Å². The topological polar surface area (TPSA) is 57.6 Å². The monoisotopic (exact) mass is 409 g/mol. The smallest absolute Gasteiger partial charge is 0.264 e. The number of aliphatic hydroxyl groups is 1. The number of amides is 1. The molecule has 30 heavy (non-hydrogen) atoms. The lowest BCUT2D eigenvalue weighted by molar-refractivity contribution is -0.154. The number of hydrogen-bond acceptors (Lipinski definition) is 3. The zero-order valence-electron chi connectivity index (χ0n) is 17.7. The van der Waals surface area contributed by atoms with Gasteiger partial charge in [0.1, 0.15) is 11.6 Å². The van der Waals surface area contributed by atoms with Crippen LogP contribution in [0.3, 0.4) is 0 Å². The van der Waals surface area contributed by atoms with Gasteiger partial charge in [-0.2, -0.15) is 0 Å². The molecule has 1 aliphatic carbocycles. The Morgan fingerprint density at radius 2 is 1.77 bits per heavy atom. The van der Waals surface area contributed by atoms with Crippen molar-refractivity contribution in [2.24, 2.45) is 17.3 Å². The van der Waals surface area contributed by atoms with Gasteiger partial charge in [0.05, 0.1) is 18.2 Å². The first kappa shape index (κ1) is 20.7. The van der Waals surface area contributed by atoms with Crippen LogP contribution < -0.4 is 4.90 Å². The average Bonchev–Trinajstić information content (AvgIpc) is 2.92. The van der Waals surface area contributed by atoms with Crippen LogP contribution in [0.2, 0.25) is 0 Å². The summed E-state index contributed by atoms with van der Waals surface area (Å²) in [7, 11) is 0. The van der Waals surface area contributed by atoms with Crippen LogP contribution >= 0.6 is 0 Å². The molecule has 1 amide bonds. The van der Waals surface area contributed by atoms with E-state index >= 15 is 0 Å². The van der Waals surface area contributed by atoms with E-state index in [1.807, 2.05) is 6.07 Å². The van der Waals surface area contributed by atoms with E-state index in [1.54, 1.807) is 30.3 Å². The van der Waals surface area contributed by atoms with Gasteiger partial charge in [0, 0.05) is 12.0 Å². The molecule has 2 aromatic carbocycles. The molecule has 4 nitrogen and oxygen atoms in total. The molecule has 1 aliphatic heterocycles. The van der Waals surface area contributed by atoms with Crippen LogP contribution in [0, 0.1) is 23.1 Å². The van der Waals surface area contributed by atoms with Gasteiger partial charge in [-0.1, -0.05) is 51.1 Å². The summed E-state index contributed by atoms with van der Waals surface area (Å²) in [5, 5.41) is 11.8. The van der Waals surface area contributed by atoms with E-state index in [2.05, 4.69) is 20.8 Å². The molecule has 0 radical (unpaired) electrons. The highest BCUT2D eigenvalue weighted by atomic mass is 19.1. The number of ketones is 1. The molecular weight excluding hydrogens is 381 g/mol. The number of para-hydroxylation sites is 1. The molecule has 1 fully saturated rings. The molecule has 0 unspecified atom stereocenters. The van der Waals surface area contributed by atoms with Gasteiger partial charge in [-0.25, -0.2) is 4.39 Å². The maximum atomic E-state index is 13.6. The van der Waals surface area contributed by atoms with Crippen LogP contribution in [0.5, 0.6) is 0 Å². The molecule has 5 heteroatoms. The molecule has 0 saturated heterocycles. The van der Waals surface area contributed by atoms with Gasteiger partial charge in [0.2, 0.25) is 0 Å². The van der Waals surface area contributed by atoms with E-state index in [9.17, 15) is 19.1 Å². The average molecular weight is 410 g/mol. The normalized spacial score (nSPS) is 26.8. The molecule has 0 bridgehead atoms. The van der Waals surface area contributed by atoms with Crippen LogP contribution in [-0.2, 0) is 21.7 Å². The lowest BCUT2D eigenvalue weighted by Gasteiger charge is -2.41. The standard InChI is InChI=1S/C25H28FNO3/c1-24(2,3)17-10-13-22(28)20(14-17)25(30)19-6-4-5-7-21(19)27(23(25)29)15-16-8-11-18(26)12-9-16/h4-9,11-12,17,20,30H,10,13-15H2,1-3H3/t17-,20+,25+/m1/s1. The molecule has 1 N–H and O–H groups in total. The lowest BCUT2D eigenvalue weighted by Crippen LogP contribution is -2.51. The Morgan fingerprint density at radius 3 is 2.43 bits per heavy atom. The quantitative estimate of drug-likeness (QED) is 0.807. The minimum atomic E-state index is -1.86. The minimum absolute atomic E-state index is 0.00964. The van der Waals surface area contributed by atoms with Crippen molar-refractivity contribution >= 4 is 17.4 Å². The lowest BCUT2D eigenvalue weighted by atomic mass is 9.63. The first-order valence-electron chi connectivity index (χ1n) is 10.5. The Kier molecular flexibility index (Phi) is 5.05. The fourth-order valence-electron chi connectivity index (χ4n) is 4.94. The third kappa shape index (κ3) is 3.35. The Labute approximate surface area is 176 Å². The zero-order chi connectivity index (χ0) is 21.7. The van der Waals surface area contributed by atoms with E-state index in [0.717, 1.165) is 12.0 Å². The summed E-state index contributed by atoms with van der Waals surface area (Å²) in [6, 6.07) is 13.1. The van der Waals surface area contributed by atoms with E-state index in [-0.39, 0.29) is 29.5 Å². The molecule has 0 aromatic heterocycles. The summed E-state index contributed by atoms with van der Waals surface area (Å²) in [5.41, 5.74) is -0.0154. The fourth-order valence-corrected chi connectivity index (χ4v) is 4.94. The maximum absolute atomic E-state index is 13.6. The SMILES string of the molecule is CC(C)(C)[C@@H]1CCC(=O)[C@@H]([C@]2(O)C(=O)N(Cc3ccc(F)cc3)c3ccccc32)C1. The number of benzene rings is 2. The Hall–Kier alpha value is -2.53. The van der Waals surface area contributed by atoms with Crippen molar-refractivity contribution < 1.29 is 19.1 Å². The maximum Gasteiger partial charge on any atom is 0.264 e. The van der Waals surface area contributed by atoms with Gasteiger partial charge in [0.25, 0.3) is 5.91 Å². The molecule has 1 saturated carbocycles. The van der Waals surface area contributed by atoms with Gasteiger partial charge in [-0.05, 0) is 47.9 Å². The van der Waals surface area contributed by atoms with Crippen molar-refractivity contribution in [3.05, 3.63) is 65.5 Å². The van der Waals surface area contributed by atoms with E-state index < -0.39 is 17.4 Å². The van der Waals surface area contributed by atoms with Crippen LogP contribution in [0.4, 0.5) is 10.1 Å². The third-order valence-electron chi connectivity index (χ3n) is 6.81. The first-order chi connectivity index (χ1) is 14.1. The molecule has 2 aliphatic rings. The highest BCUT2D eigenvalue weighted by Crippen LogP contribution is 2.51. The van der Waals surface area contributed by atoms with Gasteiger partial charge in [-0.3, -0.25) is 9.59 Å². The van der Waals surface area contributed by atoms with Gasteiger partial charge in [-0.15, -0.1) is 0 Å². The summed E-state index contributed by atoms with van der Waals surface area (Å²) in [6.07, 6.45) is 1.65. The zero-order valence-corrected chi connectivity index (χ0v) is 17.7. The van der Waals surface area contributed by atoms with Crippen molar-refractivity contribution in [2.75, 3.05) is 4.90 Å². The highest BCUT2D eigenvalue weighted by molar-refractivity contribution is 6.09. The summed E-state index contributed by atoms with van der Waals surface area (Å²) in [6.45, 7) is 6.63. The summed E-state index contributed by atoms with van der Waals surface area (Å²) in [5.74, 6) is -1.38. The second-order valence-electron chi connectivity index (χ2n) is 9.66. The Balaban J connectivity index is 1.73. The number of nitrogens with zero attached hydrogens (tertiary/aromatic N) is 1.